The van der Waals surface area contributed by atoms with E-state index in [2.05, 4.69) is 10.6 Å². The van der Waals surface area contributed by atoms with Gasteiger partial charge < -0.3 is 16.4 Å². The largest absolute Gasteiger partial charge is 0.370 e. The fourth-order valence-corrected chi connectivity index (χ4v) is 1.24. The van der Waals surface area contributed by atoms with Gasteiger partial charge in [-0.15, -0.1) is 0 Å². The van der Waals surface area contributed by atoms with E-state index in [9.17, 15) is 9.59 Å². The van der Waals surface area contributed by atoms with Gasteiger partial charge in [-0.1, -0.05) is 12.1 Å². The Bertz CT molecular complexity index is 462. The molecule has 0 bridgehead atoms. The summed E-state index contributed by atoms with van der Waals surface area (Å²) in [5.74, 6) is -0.456. The first-order valence-corrected chi connectivity index (χ1v) is 5.41. The maximum absolute atomic E-state index is 11.3. The first-order chi connectivity index (χ1) is 8.61. The molecule has 1 aromatic carbocycles. The highest BCUT2D eigenvalue weighted by Gasteiger charge is 2.01. The van der Waals surface area contributed by atoms with Gasteiger partial charge in [0.1, 0.15) is 0 Å². The molecule has 0 aliphatic rings. The molecule has 0 heterocycles. The summed E-state index contributed by atoms with van der Waals surface area (Å²) in [4.78, 5) is 21.7. The van der Waals surface area contributed by atoms with Crippen LogP contribution in [-0.2, 0) is 11.3 Å². The quantitative estimate of drug-likeness (QED) is 0.692. The zero-order valence-electron chi connectivity index (χ0n) is 9.77. The number of amides is 3. The van der Waals surface area contributed by atoms with Crippen molar-refractivity contribution in [2.24, 2.45) is 5.73 Å². The van der Waals surface area contributed by atoms with Crippen LogP contribution < -0.4 is 16.4 Å². The maximum atomic E-state index is 11.3. The van der Waals surface area contributed by atoms with E-state index >= 15 is 0 Å². The minimum Gasteiger partial charge on any atom is -0.370 e. The van der Waals surface area contributed by atoms with E-state index < -0.39 is 5.91 Å². The van der Waals surface area contributed by atoms with Gasteiger partial charge in [0.05, 0.1) is 11.6 Å². The number of rotatable bonds is 5. The second kappa shape index (κ2) is 6.91. The third kappa shape index (κ3) is 4.99. The van der Waals surface area contributed by atoms with Crippen molar-refractivity contribution < 1.29 is 9.59 Å². The van der Waals surface area contributed by atoms with E-state index in [1.807, 2.05) is 6.07 Å². The Morgan fingerprint density at radius 2 is 1.89 bits per heavy atom. The van der Waals surface area contributed by atoms with Crippen LogP contribution in [0, 0.1) is 11.3 Å². The first-order valence-electron chi connectivity index (χ1n) is 5.41. The van der Waals surface area contributed by atoms with Crippen LogP contribution in [0.2, 0.25) is 0 Å². The maximum Gasteiger partial charge on any atom is 0.315 e. The van der Waals surface area contributed by atoms with Crippen LogP contribution >= 0.6 is 0 Å². The standard InChI is InChI=1S/C12H14N4O2/c13-7-9-1-3-10(4-2-9)8-16-12(18)15-6-5-11(14)17/h1-4H,5-6,8H2,(H2,14,17)(H2,15,16,18). The number of nitrogens with one attached hydrogen (secondary N) is 2. The molecule has 0 unspecified atom stereocenters. The van der Waals surface area contributed by atoms with Gasteiger partial charge in [-0.05, 0) is 17.7 Å². The molecule has 0 radical (unpaired) electrons. The average molecular weight is 246 g/mol. The molecule has 0 aliphatic carbocycles. The van der Waals surface area contributed by atoms with Crippen molar-refractivity contribution in [3.63, 3.8) is 0 Å². The zero-order valence-corrected chi connectivity index (χ0v) is 9.77. The summed E-state index contributed by atoms with van der Waals surface area (Å²) >= 11 is 0. The van der Waals surface area contributed by atoms with Crippen LogP contribution in [0.15, 0.2) is 24.3 Å². The number of carbonyl (C=O) groups excluding carboxylic acids is 2. The van der Waals surface area contributed by atoms with Crippen molar-refractivity contribution >= 4 is 11.9 Å². The number of nitriles is 1. The molecule has 0 atom stereocenters. The van der Waals surface area contributed by atoms with Crippen molar-refractivity contribution in [1.82, 2.24) is 10.6 Å². The number of urea groups is 1. The predicted molar refractivity (Wildman–Crippen MR) is 65.2 cm³/mol. The molecule has 0 fully saturated rings. The van der Waals surface area contributed by atoms with Crippen LogP contribution in [0.4, 0.5) is 4.79 Å². The fourth-order valence-electron chi connectivity index (χ4n) is 1.24. The van der Waals surface area contributed by atoms with Crippen molar-refractivity contribution in [1.29, 1.82) is 5.26 Å². The summed E-state index contributed by atoms with van der Waals surface area (Å²) < 4.78 is 0. The number of hydrogen-bond acceptors (Lipinski definition) is 3. The summed E-state index contributed by atoms with van der Waals surface area (Å²) in [5.41, 5.74) is 6.40. The molecule has 0 saturated carbocycles. The van der Waals surface area contributed by atoms with Crippen LogP contribution in [0.5, 0.6) is 0 Å². The van der Waals surface area contributed by atoms with E-state index in [4.69, 9.17) is 11.0 Å². The molecule has 1 aromatic rings. The molecule has 18 heavy (non-hydrogen) atoms. The number of nitrogens with zero attached hydrogens (tertiary/aromatic N) is 1. The molecule has 1 rings (SSSR count). The Labute approximate surface area is 105 Å². The Hall–Kier alpha value is -2.55. The van der Waals surface area contributed by atoms with Gasteiger partial charge in [0.2, 0.25) is 5.91 Å². The first kappa shape index (κ1) is 13.5. The molecule has 6 heteroatoms. The summed E-state index contributed by atoms with van der Waals surface area (Å²) in [6, 6.07) is 8.55. The van der Waals surface area contributed by atoms with E-state index in [-0.39, 0.29) is 19.0 Å². The van der Waals surface area contributed by atoms with Crippen molar-refractivity contribution in [3.05, 3.63) is 35.4 Å². The summed E-state index contributed by atoms with van der Waals surface area (Å²) in [6.45, 7) is 0.572. The van der Waals surface area contributed by atoms with Crippen molar-refractivity contribution in [2.75, 3.05) is 6.54 Å². The second-order valence-corrected chi connectivity index (χ2v) is 3.63. The van der Waals surface area contributed by atoms with Crippen LogP contribution in [0.1, 0.15) is 17.5 Å². The lowest BCUT2D eigenvalue weighted by molar-refractivity contribution is -0.117. The van der Waals surface area contributed by atoms with Crippen LogP contribution in [0.3, 0.4) is 0 Å². The van der Waals surface area contributed by atoms with Gasteiger partial charge in [-0.3, -0.25) is 4.79 Å². The average Bonchev–Trinajstić information content (AvgIpc) is 2.36. The van der Waals surface area contributed by atoms with E-state index in [1.165, 1.54) is 0 Å². The Morgan fingerprint density at radius 3 is 2.44 bits per heavy atom. The van der Waals surface area contributed by atoms with Gasteiger partial charge in [-0.2, -0.15) is 5.26 Å². The minimum absolute atomic E-state index is 0.115. The van der Waals surface area contributed by atoms with Crippen molar-refractivity contribution in [2.45, 2.75) is 13.0 Å². The lowest BCUT2D eigenvalue weighted by atomic mass is 10.1. The second-order valence-electron chi connectivity index (χ2n) is 3.63. The van der Waals surface area contributed by atoms with Crippen LogP contribution in [0.25, 0.3) is 0 Å². The van der Waals surface area contributed by atoms with Crippen LogP contribution in [-0.4, -0.2) is 18.5 Å². The van der Waals surface area contributed by atoms with Gasteiger partial charge >= 0.3 is 6.03 Å². The zero-order chi connectivity index (χ0) is 13.4. The minimum atomic E-state index is -0.456. The summed E-state index contributed by atoms with van der Waals surface area (Å²) in [6.07, 6.45) is 0.115. The highest BCUT2D eigenvalue weighted by Crippen LogP contribution is 2.02. The molecule has 94 valence electrons. The van der Waals surface area contributed by atoms with E-state index in [1.54, 1.807) is 24.3 Å². The molecule has 4 N–H and O–H groups in total. The number of benzene rings is 1. The van der Waals surface area contributed by atoms with E-state index in [0.717, 1.165) is 5.56 Å². The highest BCUT2D eigenvalue weighted by atomic mass is 16.2. The number of primary amides is 1. The normalized spacial score (nSPS) is 9.28. The molecule has 0 aliphatic heterocycles. The summed E-state index contributed by atoms with van der Waals surface area (Å²) in [5, 5.41) is 13.7. The highest BCUT2D eigenvalue weighted by molar-refractivity contribution is 5.76. The van der Waals surface area contributed by atoms with Crippen molar-refractivity contribution in [3.8, 4) is 6.07 Å². The predicted octanol–water partition coefficient (Wildman–Crippen LogP) is 0.233. The molecule has 3 amide bonds. The Kier molecular flexibility index (Phi) is 5.19. The molecular weight excluding hydrogens is 232 g/mol. The topological polar surface area (TPSA) is 108 Å². The Morgan fingerprint density at radius 1 is 1.22 bits per heavy atom. The molecule has 6 nitrogen and oxygen atoms in total. The number of nitrogens with two attached hydrogens (primary N) is 1. The molecule has 0 saturated heterocycles. The fraction of sp³-hybridized carbons (Fsp3) is 0.250. The monoisotopic (exact) mass is 246 g/mol. The lowest BCUT2D eigenvalue weighted by Gasteiger charge is -2.06. The van der Waals surface area contributed by atoms with Gasteiger partial charge in [0, 0.05) is 19.5 Å². The molecule has 0 aromatic heterocycles. The number of carbonyl (C=O) groups is 2. The number of hydrogen-bond donors (Lipinski definition) is 3. The molecular formula is C12H14N4O2. The Balaban J connectivity index is 2.29. The third-order valence-corrected chi connectivity index (χ3v) is 2.19. The van der Waals surface area contributed by atoms with E-state index in [0.29, 0.717) is 12.1 Å². The van der Waals surface area contributed by atoms with Gasteiger partial charge in [0.15, 0.2) is 0 Å². The van der Waals surface area contributed by atoms with Gasteiger partial charge in [0.25, 0.3) is 0 Å². The third-order valence-electron chi connectivity index (χ3n) is 2.19. The smallest absolute Gasteiger partial charge is 0.315 e. The summed E-state index contributed by atoms with van der Waals surface area (Å²) in [7, 11) is 0. The lowest BCUT2D eigenvalue weighted by Crippen LogP contribution is -2.36. The SMILES string of the molecule is N#Cc1ccc(CNC(=O)NCCC(N)=O)cc1. The molecule has 0 spiro atoms. The van der Waals surface area contributed by atoms with Gasteiger partial charge in [-0.25, -0.2) is 4.79 Å².